The molecule has 1 unspecified atom stereocenters. The normalized spacial score (nSPS) is 10.3. The number of methoxy groups -OCH3 is 1. The van der Waals surface area contributed by atoms with Crippen LogP contribution >= 0.6 is 0 Å². The molecule has 2 N–H and O–H groups in total. The lowest BCUT2D eigenvalue weighted by molar-refractivity contribution is -0.144. The summed E-state index contributed by atoms with van der Waals surface area (Å²) < 4.78 is 4.51. The number of aryl methyl sites for hydroxylation is 2. The van der Waals surface area contributed by atoms with Crippen LogP contribution in [-0.2, 0) is 25.5 Å². The first kappa shape index (κ1) is 29.9. The number of rotatable bonds is 10. The van der Waals surface area contributed by atoms with E-state index in [-0.39, 0.29) is 12.5 Å². The smallest absolute Gasteiger partial charge is 0.328 e. The zero-order valence-electron chi connectivity index (χ0n) is 20.7. The van der Waals surface area contributed by atoms with Crippen LogP contribution in [0.5, 0.6) is 0 Å². The number of esters is 1. The van der Waals surface area contributed by atoms with Crippen LogP contribution in [0.3, 0.4) is 0 Å². The number of benzene rings is 2. The molecule has 0 saturated heterocycles. The Kier molecular flexibility index (Phi) is 17.7. The molecule has 2 rings (SSSR count). The predicted octanol–water partition coefficient (Wildman–Crippen LogP) is 4.60. The van der Waals surface area contributed by atoms with Crippen LogP contribution in [0.4, 0.5) is 0 Å². The Morgan fingerprint density at radius 1 is 0.848 bits per heavy atom. The van der Waals surface area contributed by atoms with E-state index in [9.17, 15) is 14.4 Å². The van der Waals surface area contributed by atoms with Gasteiger partial charge in [0.05, 0.1) is 13.7 Å². The second-order valence-corrected chi connectivity index (χ2v) is 7.29. The largest absolute Gasteiger partial charge is 0.467 e. The number of amides is 2. The Morgan fingerprint density at radius 3 is 1.94 bits per heavy atom. The zero-order valence-corrected chi connectivity index (χ0v) is 20.7. The molecule has 0 aliphatic heterocycles. The summed E-state index contributed by atoms with van der Waals surface area (Å²) in [5.41, 5.74) is 2.63. The van der Waals surface area contributed by atoms with Crippen molar-refractivity contribution in [3.8, 4) is 0 Å². The van der Waals surface area contributed by atoms with Crippen molar-refractivity contribution in [3.63, 3.8) is 0 Å². The maximum Gasteiger partial charge on any atom is 0.328 e. The van der Waals surface area contributed by atoms with E-state index in [2.05, 4.69) is 46.6 Å². The highest BCUT2D eigenvalue weighted by Crippen LogP contribution is 2.07. The van der Waals surface area contributed by atoms with Crippen LogP contribution in [0.15, 0.2) is 60.7 Å². The minimum absolute atomic E-state index is 0.135. The summed E-state index contributed by atoms with van der Waals surface area (Å²) >= 11 is 0. The minimum Gasteiger partial charge on any atom is -0.467 e. The highest BCUT2D eigenvalue weighted by molar-refractivity contribution is 5.88. The molecule has 6 nitrogen and oxygen atoms in total. The second-order valence-electron chi connectivity index (χ2n) is 7.29. The van der Waals surface area contributed by atoms with Crippen LogP contribution < -0.4 is 10.6 Å². The molecule has 0 fully saturated rings. The number of hydrogen-bond acceptors (Lipinski definition) is 4. The molecule has 0 saturated carbocycles. The SMILES string of the molecule is CC.COC(=O)C(C)NC(=O)CNC(=O)CCCCCc1ccccc1.Cc1ccccc1. The summed E-state index contributed by atoms with van der Waals surface area (Å²) in [7, 11) is 1.25. The Morgan fingerprint density at radius 2 is 1.42 bits per heavy atom. The quantitative estimate of drug-likeness (QED) is 0.404. The van der Waals surface area contributed by atoms with Gasteiger partial charge in [-0.3, -0.25) is 9.59 Å². The summed E-state index contributed by atoms with van der Waals surface area (Å²) in [6.07, 6.45) is 4.20. The van der Waals surface area contributed by atoms with Gasteiger partial charge in [0, 0.05) is 6.42 Å². The molecular formula is C27H40N2O4. The van der Waals surface area contributed by atoms with E-state index in [1.165, 1.54) is 25.2 Å². The van der Waals surface area contributed by atoms with Crippen molar-refractivity contribution in [1.29, 1.82) is 0 Å². The van der Waals surface area contributed by atoms with Crippen molar-refractivity contribution in [2.75, 3.05) is 13.7 Å². The highest BCUT2D eigenvalue weighted by atomic mass is 16.5. The Bertz CT molecular complexity index is 779. The molecule has 2 aromatic carbocycles. The number of ether oxygens (including phenoxy) is 1. The molecule has 0 spiro atoms. The van der Waals surface area contributed by atoms with Gasteiger partial charge in [0.2, 0.25) is 11.8 Å². The highest BCUT2D eigenvalue weighted by Gasteiger charge is 2.15. The van der Waals surface area contributed by atoms with E-state index in [1.807, 2.05) is 50.2 Å². The number of unbranched alkanes of at least 4 members (excludes halogenated alkanes) is 2. The van der Waals surface area contributed by atoms with Crippen molar-refractivity contribution in [2.45, 2.75) is 65.8 Å². The van der Waals surface area contributed by atoms with Gasteiger partial charge in [-0.05, 0) is 38.7 Å². The molecule has 0 aliphatic rings. The van der Waals surface area contributed by atoms with Gasteiger partial charge in [-0.2, -0.15) is 0 Å². The third-order valence-electron chi connectivity index (χ3n) is 4.53. The first-order valence-electron chi connectivity index (χ1n) is 11.6. The minimum atomic E-state index is -0.725. The van der Waals surface area contributed by atoms with E-state index in [0.717, 1.165) is 25.7 Å². The maximum atomic E-state index is 11.7. The molecule has 182 valence electrons. The van der Waals surface area contributed by atoms with E-state index in [0.29, 0.717) is 6.42 Å². The molecular weight excluding hydrogens is 416 g/mol. The average Bonchev–Trinajstić information content (AvgIpc) is 2.84. The molecule has 2 amide bonds. The number of hydrogen-bond donors (Lipinski definition) is 2. The lowest BCUT2D eigenvalue weighted by Crippen LogP contribution is -2.44. The molecule has 0 bridgehead atoms. The van der Waals surface area contributed by atoms with Crippen LogP contribution in [0, 0.1) is 6.92 Å². The first-order chi connectivity index (χ1) is 15.9. The predicted molar refractivity (Wildman–Crippen MR) is 134 cm³/mol. The summed E-state index contributed by atoms with van der Waals surface area (Å²) in [6, 6.07) is 19.8. The number of nitrogens with one attached hydrogen (secondary N) is 2. The fourth-order valence-corrected chi connectivity index (χ4v) is 2.77. The Balaban J connectivity index is 0.000000950. The van der Waals surface area contributed by atoms with E-state index < -0.39 is 17.9 Å². The molecule has 0 radical (unpaired) electrons. The van der Waals surface area contributed by atoms with E-state index >= 15 is 0 Å². The molecule has 33 heavy (non-hydrogen) atoms. The van der Waals surface area contributed by atoms with E-state index in [4.69, 9.17) is 0 Å². The van der Waals surface area contributed by atoms with Crippen molar-refractivity contribution < 1.29 is 19.1 Å². The van der Waals surface area contributed by atoms with Gasteiger partial charge < -0.3 is 15.4 Å². The molecule has 0 aliphatic carbocycles. The van der Waals surface area contributed by atoms with Gasteiger partial charge in [-0.25, -0.2) is 4.79 Å². The Hall–Kier alpha value is -3.15. The number of carbonyl (C=O) groups is 3. The third-order valence-corrected chi connectivity index (χ3v) is 4.53. The fourth-order valence-electron chi connectivity index (χ4n) is 2.77. The molecule has 0 heterocycles. The van der Waals surface area contributed by atoms with Crippen LogP contribution in [-0.4, -0.2) is 37.5 Å². The summed E-state index contributed by atoms with van der Waals surface area (Å²) in [5, 5.41) is 5.00. The van der Waals surface area contributed by atoms with Gasteiger partial charge in [0.25, 0.3) is 0 Å². The third kappa shape index (κ3) is 16.2. The lowest BCUT2D eigenvalue weighted by atomic mass is 10.1. The molecule has 0 aromatic heterocycles. The van der Waals surface area contributed by atoms with Gasteiger partial charge in [0.1, 0.15) is 6.04 Å². The monoisotopic (exact) mass is 456 g/mol. The molecule has 1 atom stereocenters. The first-order valence-corrected chi connectivity index (χ1v) is 11.6. The summed E-state index contributed by atoms with van der Waals surface area (Å²) in [6.45, 7) is 7.47. The van der Waals surface area contributed by atoms with Crippen LogP contribution in [0.2, 0.25) is 0 Å². The Labute approximate surface area is 199 Å². The summed E-state index contributed by atoms with van der Waals surface area (Å²) in [5.74, 6) is -1.09. The maximum absolute atomic E-state index is 11.7. The van der Waals surface area contributed by atoms with Gasteiger partial charge in [-0.15, -0.1) is 0 Å². The lowest BCUT2D eigenvalue weighted by Gasteiger charge is -2.11. The topological polar surface area (TPSA) is 84.5 Å². The van der Waals surface area contributed by atoms with Crippen LogP contribution in [0.25, 0.3) is 0 Å². The zero-order chi connectivity index (χ0) is 24.9. The molecule has 2 aromatic rings. The van der Waals surface area contributed by atoms with E-state index in [1.54, 1.807) is 0 Å². The van der Waals surface area contributed by atoms with Crippen molar-refractivity contribution in [3.05, 3.63) is 71.8 Å². The number of carbonyl (C=O) groups excluding carboxylic acids is 3. The van der Waals surface area contributed by atoms with Crippen molar-refractivity contribution in [1.82, 2.24) is 10.6 Å². The summed E-state index contributed by atoms with van der Waals surface area (Å²) in [4.78, 5) is 34.4. The van der Waals surface area contributed by atoms with Gasteiger partial charge in [-0.1, -0.05) is 86.5 Å². The second kappa shape index (κ2) is 19.5. The standard InChI is InChI=1S/C18H26N2O4.C7H8.C2H6/c1-14(18(23)24-2)20-17(22)13-19-16(21)12-8-4-7-11-15-9-5-3-6-10-15;1-7-5-3-2-4-6-7;1-2/h3,5-6,9-10,14H,4,7-8,11-13H2,1-2H3,(H,19,21)(H,20,22);2-6H,1H3;1-2H3. The van der Waals surface area contributed by atoms with Gasteiger partial charge >= 0.3 is 5.97 Å². The average molecular weight is 457 g/mol. The van der Waals surface area contributed by atoms with Crippen molar-refractivity contribution >= 4 is 17.8 Å². The van der Waals surface area contributed by atoms with Crippen molar-refractivity contribution in [2.24, 2.45) is 0 Å². The van der Waals surface area contributed by atoms with Gasteiger partial charge in [0.15, 0.2) is 0 Å². The fraction of sp³-hybridized carbons (Fsp3) is 0.444. The van der Waals surface area contributed by atoms with Crippen LogP contribution in [0.1, 0.15) is 57.6 Å². The molecule has 6 heteroatoms.